The van der Waals surface area contributed by atoms with E-state index >= 15 is 0 Å². The molecule has 0 saturated carbocycles. The highest BCUT2D eigenvalue weighted by molar-refractivity contribution is 5.93. The van der Waals surface area contributed by atoms with Gasteiger partial charge in [0, 0.05) is 17.4 Å². The molecule has 0 bridgehead atoms. The number of hydrogen-bond donors (Lipinski definition) is 3. The number of likely N-dealkylation sites (N-methyl/N-ethyl adjacent to an activating group) is 1. The lowest BCUT2D eigenvalue weighted by molar-refractivity contribution is -0.881. The van der Waals surface area contributed by atoms with E-state index in [4.69, 9.17) is 9.47 Å². The summed E-state index contributed by atoms with van der Waals surface area (Å²) >= 11 is 0. The second-order valence-electron chi connectivity index (χ2n) is 8.74. The summed E-state index contributed by atoms with van der Waals surface area (Å²) in [5, 5.41) is 5.79. The predicted molar refractivity (Wildman–Crippen MR) is 121 cm³/mol. The van der Waals surface area contributed by atoms with Gasteiger partial charge in [0.05, 0.1) is 6.54 Å². The Bertz CT molecular complexity index is 919. The number of carbonyl (C=O) groups is 2. The minimum Gasteiger partial charge on any atom is -0.486 e. The molecule has 2 amide bonds. The third-order valence-corrected chi connectivity index (χ3v) is 5.18. The van der Waals surface area contributed by atoms with Gasteiger partial charge in [0.25, 0.3) is 11.8 Å². The predicted octanol–water partition coefficient (Wildman–Crippen LogP) is 2.24. The highest BCUT2D eigenvalue weighted by Gasteiger charge is 2.19. The number of fused-ring (bicyclic) bond motifs is 1. The normalized spacial score (nSPS) is 13.9. The molecule has 1 aliphatic heterocycles. The van der Waals surface area contributed by atoms with Crippen LogP contribution in [0.1, 0.15) is 33.3 Å². The number of anilines is 2. The van der Waals surface area contributed by atoms with Crippen LogP contribution in [0.3, 0.4) is 0 Å². The van der Waals surface area contributed by atoms with Crippen LogP contribution in [-0.4, -0.2) is 44.7 Å². The molecule has 166 valence electrons. The van der Waals surface area contributed by atoms with Gasteiger partial charge in [0.1, 0.15) is 13.2 Å². The summed E-state index contributed by atoms with van der Waals surface area (Å²) in [6.07, 6.45) is 0. The van der Waals surface area contributed by atoms with Crippen LogP contribution < -0.4 is 25.0 Å². The second-order valence-corrected chi connectivity index (χ2v) is 8.74. The first-order valence-corrected chi connectivity index (χ1v) is 10.7. The molecule has 3 N–H and O–H groups in total. The average Bonchev–Trinajstić information content (AvgIpc) is 2.72. The standard InChI is InChI=1S/C24H31N3O4/c1-5-27(15-22(28)25-18-8-6-17(7-9-18)24(2,3)4)16-23(29)26-19-10-11-20-21(14-19)31-13-12-30-20/h6-11,14H,5,12-13,15-16H2,1-4H3,(H,25,28)(H,26,29)/p+1. The molecule has 2 aromatic rings. The maximum Gasteiger partial charge on any atom is 0.279 e. The van der Waals surface area contributed by atoms with E-state index in [0.29, 0.717) is 36.9 Å². The van der Waals surface area contributed by atoms with Crippen LogP contribution in [0, 0.1) is 0 Å². The largest absolute Gasteiger partial charge is 0.486 e. The van der Waals surface area contributed by atoms with Crippen LogP contribution in [0.5, 0.6) is 11.5 Å². The molecule has 1 aliphatic rings. The molecule has 31 heavy (non-hydrogen) atoms. The average molecular weight is 427 g/mol. The number of nitrogens with one attached hydrogen (secondary N) is 3. The zero-order valence-corrected chi connectivity index (χ0v) is 18.7. The topological polar surface area (TPSA) is 81.1 Å². The molecule has 0 spiro atoms. The van der Waals surface area contributed by atoms with Crippen LogP contribution in [0.4, 0.5) is 11.4 Å². The summed E-state index contributed by atoms with van der Waals surface area (Å²) in [5.74, 6) is 1.03. The fourth-order valence-electron chi connectivity index (χ4n) is 3.35. The van der Waals surface area contributed by atoms with Gasteiger partial charge in [0.15, 0.2) is 24.6 Å². The van der Waals surface area contributed by atoms with Crippen LogP contribution >= 0.6 is 0 Å². The van der Waals surface area contributed by atoms with Crippen LogP contribution in [-0.2, 0) is 15.0 Å². The molecule has 0 aliphatic carbocycles. The van der Waals surface area contributed by atoms with Crippen molar-refractivity contribution in [2.75, 3.05) is 43.5 Å². The Hall–Kier alpha value is -3.06. The van der Waals surface area contributed by atoms with Gasteiger partial charge in [0.2, 0.25) is 0 Å². The van der Waals surface area contributed by atoms with Crippen LogP contribution in [0.25, 0.3) is 0 Å². The van der Waals surface area contributed by atoms with Crippen LogP contribution in [0.2, 0.25) is 0 Å². The first kappa shape index (κ1) is 22.6. The number of benzene rings is 2. The summed E-state index contributed by atoms with van der Waals surface area (Å²) in [5.41, 5.74) is 2.68. The van der Waals surface area contributed by atoms with Crippen molar-refractivity contribution in [1.29, 1.82) is 0 Å². The van der Waals surface area contributed by atoms with Gasteiger partial charge in [-0.1, -0.05) is 32.9 Å². The lowest BCUT2D eigenvalue weighted by atomic mass is 9.87. The van der Waals surface area contributed by atoms with E-state index in [1.807, 2.05) is 31.2 Å². The minimum absolute atomic E-state index is 0.0657. The number of quaternary nitrogens is 1. The second kappa shape index (κ2) is 9.83. The van der Waals surface area contributed by atoms with Crippen molar-refractivity contribution in [3.63, 3.8) is 0 Å². The van der Waals surface area contributed by atoms with Crippen molar-refractivity contribution in [1.82, 2.24) is 0 Å². The van der Waals surface area contributed by atoms with Crippen molar-refractivity contribution in [3.8, 4) is 11.5 Å². The summed E-state index contributed by atoms with van der Waals surface area (Å²) in [4.78, 5) is 25.8. The van der Waals surface area contributed by atoms with Gasteiger partial charge in [-0.25, -0.2) is 0 Å². The Morgan fingerprint density at radius 1 is 0.871 bits per heavy atom. The molecule has 1 atom stereocenters. The Kier molecular flexibility index (Phi) is 7.17. The van der Waals surface area contributed by atoms with E-state index in [-0.39, 0.29) is 30.3 Å². The van der Waals surface area contributed by atoms with Gasteiger partial charge in [-0.3, -0.25) is 9.59 Å². The molecule has 2 aromatic carbocycles. The Morgan fingerprint density at radius 3 is 2.00 bits per heavy atom. The smallest absolute Gasteiger partial charge is 0.279 e. The number of amides is 2. The van der Waals surface area contributed by atoms with Gasteiger partial charge < -0.3 is 25.0 Å². The molecule has 0 aromatic heterocycles. The first-order valence-electron chi connectivity index (χ1n) is 10.7. The number of rotatable bonds is 7. The van der Waals surface area contributed by atoms with E-state index in [9.17, 15) is 9.59 Å². The zero-order chi connectivity index (χ0) is 22.4. The lowest BCUT2D eigenvalue weighted by Gasteiger charge is -2.20. The molecular formula is C24H32N3O4+. The summed E-state index contributed by atoms with van der Waals surface area (Å²) < 4.78 is 11.0. The molecule has 0 fully saturated rings. The van der Waals surface area contributed by atoms with E-state index < -0.39 is 0 Å². The molecular weight excluding hydrogens is 394 g/mol. The van der Waals surface area contributed by atoms with E-state index in [0.717, 1.165) is 10.6 Å². The van der Waals surface area contributed by atoms with Crippen LogP contribution in [0.15, 0.2) is 42.5 Å². The maximum atomic E-state index is 12.5. The summed E-state index contributed by atoms with van der Waals surface area (Å²) in [6.45, 7) is 10.5. The Labute approximate surface area is 183 Å². The van der Waals surface area contributed by atoms with Crippen molar-refractivity contribution in [3.05, 3.63) is 48.0 Å². The first-order chi connectivity index (χ1) is 14.7. The minimum atomic E-state index is -0.157. The van der Waals surface area contributed by atoms with E-state index in [1.54, 1.807) is 18.2 Å². The van der Waals surface area contributed by atoms with Crippen molar-refractivity contribution < 1.29 is 24.0 Å². The third-order valence-electron chi connectivity index (χ3n) is 5.18. The quantitative estimate of drug-likeness (QED) is 0.634. The third kappa shape index (κ3) is 6.46. The number of carbonyl (C=O) groups excluding carboxylic acids is 2. The summed E-state index contributed by atoms with van der Waals surface area (Å²) in [6, 6.07) is 13.2. The molecule has 1 unspecified atom stereocenters. The van der Waals surface area contributed by atoms with Crippen molar-refractivity contribution >= 4 is 23.2 Å². The molecule has 7 nitrogen and oxygen atoms in total. The Balaban J connectivity index is 1.51. The van der Waals surface area contributed by atoms with E-state index in [1.165, 1.54) is 5.56 Å². The maximum absolute atomic E-state index is 12.5. The fourth-order valence-corrected chi connectivity index (χ4v) is 3.35. The molecule has 1 heterocycles. The highest BCUT2D eigenvalue weighted by atomic mass is 16.6. The monoisotopic (exact) mass is 426 g/mol. The molecule has 3 rings (SSSR count). The van der Waals surface area contributed by atoms with Crippen molar-refractivity contribution in [2.24, 2.45) is 0 Å². The number of hydrogen-bond acceptors (Lipinski definition) is 4. The SMILES string of the molecule is CC[NH+](CC(=O)Nc1ccc(C(C)(C)C)cc1)CC(=O)Nc1ccc2c(c1)OCCO2. The molecule has 0 saturated heterocycles. The zero-order valence-electron chi connectivity index (χ0n) is 18.7. The highest BCUT2D eigenvalue weighted by Crippen LogP contribution is 2.32. The summed E-state index contributed by atoms with van der Waals surface area (Å²) in [7, 11) is 0. The number of ether oxygens (including phenoxy) is 2. The van der Waals surface area contributed by atoms with Gasteiger partial charge >= 0.3 is 0 Å². The van der Waals surface area contributed by atoms with E-state index in [2.05, 4.69) is 31.4 Å². The van der Waals surface area contributed by atoms with Gasteiger partial charge in [-0.05, 0) is 42.2 Å². The fraction of sp³-hybridized carbons (Fsp3) is 0.417. The Morgan fingerprint density at radius 2 is 1.42 bits per heavy atom. The lowest BCUT2D eigenvalue weighted by Crippen LogP contribution is -3.13. The van der Waals surface area contributed by atoms with Gasteiger partial charge in [-0.2, -0.15) is 0 Å². The molecule has 0 radical (unpaired) electrons. The van der Waals surface area contributed by atoms with Gasteiger partial charge in [-0.15, -0.1) is 0 Å². The van der Waals surface area contributed by atoms with Crippen molar-refractivity contribution in [2.45, 2.75) is 33.1 Å². The molecule has 7 heteroatoms.